The van der Waals surface area contributed by atoms with Gasteiger partial charge in [0.15, 0.2) is 0 Å². The zero-order chi connectivity index (χ0) is 17.9. The number of H-pyrrole nitrogens is 1. The SMILES string of the molecule is NCCC(Nc1nc2ccccc2[nH]1)c1cccc(OC(F)(F)F)c1. The summed E-state index contributed by atoms with van der Waals surface area (Å²) in [6, 6.07) is 13.1. The first-order valence-corrected chi connectivity index (χ1v) is 7.71. The maximum Gasteiger partial charge on any atom is 0.573 e. The molecular formula is C17H17F3N4O. The molecule has 1 aromatic heterocycles. The molecular weight excluding hydrogens is 333 g/mol. The van der Waals surface area contributed by atoms with Crippen molar-refractivity contribution in [2.75, 3.05) is 11.9 Å². The van der Waals surface area contributed by atoms with Gasteiger partial charge in [-0.1, -0.05) is 24.3 Å². The van der Waals surface area contributed by atoms with E-state index in [4.69, 9.17) is 5.73 Å². The van der Waals surface area contributed by atoms with Crippen LogP contribution in [-0.2, 0) is 0 Å². The zero-order valence-electron chi connectivity index (χ0n) is 13.2. The van der Waals surface area contributed by atoms with Crippen molar-refractivity contribution in [3.8, 4) is 5.75 Å². The average molecular weight is 350 g/mol. The van der Waals surface area contributed by atoms with Gasteiger partial charge in [0.1, 0.15) is 5.75 Å². The highest BCUT2D eigenvalue weighted by Crippen LogP contribution is 2.28. The zero-order valence-corrected chi connectivity index (χ0v) is 13.2. The summed E-state index contributed by atoms with van der Waals surface area (Å²) in [5.41, 5.74) is 7.95. The van der Waals surface area contributed by atoms with Crippen molar-refractivity contribution in [3.05, 3.63) is 54.1 Å². The standard InChI is InChI=1S/C17H17F3N4O/c18-17(19,20)25-12-5-3-4-11(10-12)13(8-9-21)22-16-23-14-6-1-2-7-15(14)24-16/h1-7,10,13H,8-9,21H2,(H2,22,23,24). The van der Waals surface area contributed by atoms with Crippen LogP contribution in [0.1, 0.15) is 18.0 Å². The molecule has 132 valence electrons. The fourth-order valence-electron chi connectivity index (χ4n) is 2.60. The number of hydrogen-bond donors (Lipinski definition) is 3. The number of hydrogen-bond acceptors (Lipinski definition) is 4. The molecule has 0 fully saturated rings. The van der Waals surface area contributed by atoms with Crippen molar-refractivity contribution in [2.24, 2.45) is 5.73 Å². The average Bonchev–Trinajstić information content (AvgIpc) is 2.95. The van der Waals surface area contributed by atoms with Crippen LogP contribution < -0.4 is 15.8 Å². The number of anilines is 1. The lowest BCUT2D eigenvalue weighted by Gasteiger charge is -2.19. The third-order valence-corrected chi connectivity index (χ3v) is 3.65. The summed E-state index contributed by atoms with van der Waals surface area (Å²) in [5.74, 6) is 0.264. The Morgan fingerprint density at radius 1 is 1.16 bits per heavy atom. The van der Waals surface area contributed by atoms with Crippen LogP contribution in [0.15, 0.2) is 48.5 Å². The summed E-state index contributed by atoms with van der Waals surface area (Å²) in [6.07, 6.45) is -4.21. The number of aromatic amines is 1. The van der Waals surface area contributed by atoms with Crippen molar-refractivity contribution in [1.29, 1.82) is 0 Å². The fraction of sp³-hybridized carbons (Fsp3) is 0.235. The van der Waals surface area contributed by atoms with E-state index in [2.05, 4.69) is 20.0 Å². The number of imidazole rings is 1. The summed E-state index contributed by atoms with van der Waals surface area (Å²) >= 11 is 0. The first-order chi connectivity index (χ1) is 11.9. The van der Waals surface area contributed by atoms with E-state index < -0.39 is 6.36 Å². The number of rotatable bonds is 6. The Kier molecular flexibility index (Phi) is 4.80. The van der Waals surface area contributed by atoms with Crippen molar-refractivity contribution in [1.82, 2.24) is 9.97 Å². The smallest absolute Gasteiger partial charge is 0.406 e. The fourth-order valence-corrected chi connectivity index (χ4v) is 2.60. The van der Waals surface area contributed by atoms with Gasteiger partial charge >= 0.3 is 6.36 Å². The lowest BCUT2D eigenvalue weighted by atomic mass is 10.0. The van der Waals surface area contributed by atoms with E-state index in [1.54, 1.807) is 6.07 Å². The number of nitrogens with two attached hydrogens (primary N) is 1. The molecule has 0 bridgehead atoms. The number of fused-ring (bicyclic) bond motifs is 1. The molecule has 1 atom stereocenters. The van der Waals surface area contributed by atoms with E-state index in [-0.39, 0.29) is 11.8 Å². The monoisotopic (exact) mass is 350 g/mol. The topological polar surface area (TPSA) is 76.0 Å². The second-order valence-corrected chi connectivity index (χ2v) is 5.50. The molecule has 2 aromatic carbocycles. The minimum atomic E-state index is -4.73. The number of nitrogens with one attached hydrogen (secondary N) is 2. The number of ether oxygens (including phenoxy) is 1. The third-order valence-electron chi connectivity index (χ3n) is 3.65. The Morgan fingerprint density at radius 3 is 2.68 bits per heavy atom. The number of benzene rings is 2. The summed E-state index contributed by atoms with van der Waals surface area (Å²) in [6.45, 7) is 0.363. The van der Waals surface area contributed by atoms with Crippen molar-refractivity contribution >= 4 is 17.0 Å². The normalized spacial score (nSPS) is 13.0. The minimum absolute atomic E-state index is 0.265. The van der Waals surface area contributed by atoms with E-state index in [9.17, 15) is 13.2 Å². The van der Waals surface area contributed by atoms with Crippen LogP contribution in [0.4, 0.5) is 19.1 Å². The quantitative estimate of drug-likeness (QED) is 0.629. The van der Waals surface area contributed by atoms with Gasteiger partial charge < -0.3 is 20.8 Å². The summed E-state index contributed by atoms with van der Waals surface area (Å²) < 4.78 is 41.2. The van der Waals surface area contributed by atoms with Crippen LogP contribution in [0.2, 0.25) is 0 Å². The predicted octanol–water partition coefficient (Wildman–Crippen LogP) is 3.96. The molecule has 3 aromatic rings. The van der Waals surface area contributed by atoms with Crippen molar-refractivity contribution in [3.63, 3.8) is 0 Å². The Labute approximate surface area is 142 Å². The van der Waals surface area contributed by atoms with Gasteiger partial charge in [-0.15, -0.1) is 13.2 Å². The number of nitrogens with zero attached hydrogens (tertiary/aromatic N) is 1. The van der Waals surface area contributed by atoms with E-state index in [1.165, 1.54) is 18.2 Å². The largest absolute Gasteiger partial charge is 0.573 e. The number of halogens is 3. The van der Waals surface area contributed by atoms with Gasteiger partial charge in [0.05, 0.1) is 17.1 Å². The highest BCUT2D eigenvalue weighted by Gasteiger charge is 2.31. The molecule has 0 spiro atoms. The third kappa shape index (κ3) is 4.42. The lowest BCUT2D eigenvalue weighted by Crippen LogP contribution is -2.19. The molecule has 0 saturated carbocycles. The summed E-state index contributed by atoms with van der Waals surface area (Å²) in [4.78, 5) is 7.56. The van der Waals surface area contributed by atoms with Gasteiger partial charge in [-0.2, -0.15) is 0 Å². The number of alkyl halides is 3. The molecule has 3 rings (SSSR count). The highest BCUT2D eigenvalue weighted by atomic mass is 19.4. The van der Waals surface area contributed by atoms with Gasteiger partial charge in [0.2, 0.25) is 5.95 Å². The first-order valence-electron chi connectivity index (χ1n) is 7.71. The van der Waals surface area contributed by atoms with Crippen molar-refractivity contribution in [2.45, 2.75) is 18.8 Å². The van der Waals surface area contributed by atoms with E-state index in [0.29, 0.717) is 24.5 Å². The Morgan fingerprint density at radius 2 is 1.96 bits per heavy atom. The molecule has 1 unspecified atom stereocenters. The van der Waals surface area contributed by atoms with Gasteiger partial charge in [0, 0.05) is 0 Å². The second-order valence-electron chi connectivity index (χ2n) is 5.50. The molecule has 25 heavy (non-hydrogen) atoms. The van der Waals surface area contributed by atoms with Gasteiger partial charge in [0.25, 0.3) is 0 Å². The molecule has 1 heterocycles. The molecule has 5 nitrogen and oxygen atoms in total. The molecule has 8 heteroatoms. The van der Waals surface area contributed by atoms with Crippen LogP contribution in [-0.4, -0.2) is 22.9 Å². The Hall–Kier alpha value is -2.74. The lowest BCUT2D eigenvalue weighted by molar-refractivity contribution is -0.274. The van der Waals surface area contributed by atoms with E-state index in [1.807, 2.05) is 24.3 Å². The minimum Gasteiger partial charge on any atom is -0.406 e. The van der Waals surface area contributed by atoms with Gasteiger partial charge in [-0.3, -0.25) is 0 Å². The number of aromatic nitrogens is 2. The van der Waals surface area contributed by atoms with Crippen LogP contribution >= 0.6 is 0 Å². The van der Waals surface area contributed by atoms with Gasteiger partial charge in [-0.05, 0) is 42.8 Å². The van der Waals surface area contributed by atoms with Gasteiger partial charge in [-0.25, -0.2) is 4.98 Å². The molecule has 0 saturated heterocycles. The highest BCUT2D eigenvalue weighted by molar-refractivity contribution is 5.77. The van der Waals surface area contributed by atoms with E-state index in [0.717, 1.165) is 11.0 Å². The molecule has 0 radical (unpaired) electrons. The predicted molar refractivity (Wildman–Crippen MR) is 89.3 cm³/mol. The van der Waals surface area contributed by atoms with Crippen LogP contribution in [0.3, 0.4) is 0 Å². The Bertz CT molecular complexity index is 814. The summed E-state index contributed by atoms with van der Waals surface area (Å²) in [5, 5.41) is 3.19. The van der Waals surface area contributed by atoms with Crippen molar-refractivity contribution < 1.29 is 17.9 Å². The Balaban J connectivity index is 1.84. The van der Waals surface area contributed by atoms with E-state index >= 15 is 0 Å². The maximum atomic E-state index is 12.4. The molecule has 0 amide bonds. The summed E-state index contributed by atoms with van der Waals surface area (Å²) in [7, 11) is 0. The number of para-hydroxylation sites is 2. The molecule has 0 aliphatic heterocycles. The van der Waals surface area contributed by atoms with Crippen LogP contribution in [0.5, 0.6) is 5.75 Å². The van der Waals surface area contributed by atoms with Crippen LogP contribution in [0, 0.1) is 0 Å². The van der Waals surface area contributed by atoms with Crippen LogP contribution in [0.25, 0.3) is 11.0 Å². The molecule has 4 N–H and O–H groups in total. The molecule has 0 aliphatic rings. The molecule has 0 aliphatic carbocycles. The second kappa shape index (κ2) is 7.02. The maximum absolute atomic E-state index is 12.4. The first kappa shape index (κ1) is 17.1.